The molecule has 0 aliphatic heterocycles. The van der Waals surface area contributed by atoms with E-state index in [1.807, 2.05) is 30.3 Å². The maximum atomic E-state index is 13.5. The highest BCUT2D eigenvalue weighted by molar-refractivity contribution is 6.07. The van der Waals surface area contributed by atoms with Crippen LogP contribution in [0.5, 0.6) is 5.75 Å². The van der Waals surface area contributed by atoms with Crippen molar-refractivity contribution in [1.29, 1.82) is 0 Å². The van der Waals surface area contributed by atoms with Gasteiger partial charge in [0.1, 0.15) is 17.1 Å². The van der Waals surface area contributed by atoms with Gasteiger partial charge in [-0.1, -0.05) is 18.2 Å². The molecule has 12 nitrogen and oxygen atoms in total. The second-order valence-electron chi connectivity index (χ2n) is 9.28. The molecule has 0 saturated carbocycles. The van der Waals surface area contributed by atoms with Crippen LogP contribution in [0.1, 0.15) is 26.4 Å². The molecule has 3 aromatic heterocycles. The average molecular weight is 555 g/mol. The summed E-state index contributed by atoms with van der Waals surface area (Å²) in [5.41, 5.74) is 6.87. The Bertz CT molecular complexity index is 1940. The smallest absolute Gasteiger partial charge is 0.339 e. The fourth-order valence-electron chi connectivity index (χ4n) is 4.51. The predicted octanol–water partition coefficient (Wildman–Crippen LogP) is 2.42. The largest absolute Gasteiger partial charge is 0.497 e. The molecule has 5 aromatic rings. The number of Topliss-reactive ketones (excluding diaryl/α,β-unsaturated/α-hetero) is 1. The maximum absolute atomic E-state index is 13.5. The van der Waals surface area contributed by atoms with Gasteiger partial charge in [0.15, 0.2) is 12.3 Å². The van der Waals surface area contributed by atoms with Crippen LogP contribution in [0.25, 0.3) is 28.0 Å². The number of ketones is 1. The summed E-state index contributed by atoms with van der Waals surface area (Å²) in [6.07, 6.45) is 0. The van der Waals surface area contributed by atoms with Gasteiger partial charge in [-0.25, -0.2) is 19.3 Å². The van der Waals surface area contributed by atoms with Crippen LogP contribution in [-0.4, -0.2) is 49.4 Å². The summed E-state index contributed by atoms with van der Waals surface area (Å²) in [6.45, 7) is 0.970. The Morgan fingerprint density at radius 2 is 1.66 bits per heavy atom. The Morgan fingerprint density at radius 1 is 0.976 bits per heavy atom. The van der Waals surface area contributed by atoms with Crippen LogP contribution in [0.4, 0.5) is 5.82 Å². The number of aromatic nitrogens is 5. The number of benzene rings is 2. The molecule has 0 fully saturated rings. The minimum atomic E-state index is -0.875. The van der Waals surface area contributed by atoms with Crippen LogP contribution in [-0.2, 0) is 18.8 Å². The lowest BCUT2D eigenvalue weighted by molar-refractivity contribution is 0.0476. The Morgan fingerprint density at radius 3 is 2.32 bits per heavy atom. The van der Waals surface area contributed by atoms with E-state index >= 15 is 0 Å². The van der Waals surface area contributed by atoms with Crippen LogP contribution in [0, 0.1) is 6.92 Å². The molecule has 12 heteroatoms. The zero-order chi connectivity index (χ0) is 29.4. The number of nitrogens with two attached hydrogens (primary N) is 1. The van der Waals surface area contributed by atoms with Gasteiger partial charge in [-0.05, 0) is 49.4 Å². The predicted molar refractivity (Wildman–Crippen MR) is 152 cm³/mol. The van der Waals surface area contributed by atoms with Gasteiger partial charge in [0.2, 0.25) is 5.78 Å². The van der Waals surface area contributed by atoms with Crippen LogP contribution < -0.4 is 21.7 Å². The van der Waals surface area contributed by atoms with Crippen LogP contribution in [0.15, 0.2) is 70.3 Å². The molecule has 2 N–H and O–H groups in total. The maximum Gasteiger partial charge on any atom is 0.339 e. The summed E-state index contributed by atoms with van der Waals surface area (Å²) in [6, 6.07) is 18.1. The van der Waals surface area contributed by atoms with Crippen molar-refractivity contribution in [2.75, 3.05) is 19.5 Å². The summed E-state index contributed by atoms with van der Waals surface area (Å²) in [5.74, 6) is -1.32. The molecule has 2 aromatic carbocycles. The number of pyridine rings is 1. The Kier molecular flexibility index (Phi) is 6.97. The molecule has 0 aliphatic rings. The van der Waals surface area contributed by atoms with E-state index in [0.29, 0.717) is 33.7 Å². The first kappa shape index (κ1) is 27.1. The van der Waals surface area contributed by atoms with Crippen molar-refractivity contribution in [3.63, 3.8) is 0 Å². The number of para-hydroxylation sites is 1. The lowest BCUT2D eigenvalue weighted by atomic mass is 10.1. The highest BCUT2D eigenvalue weighted by Gasteiger charge is 2.25. The van der Waals surface area contributed by atoms with Gasteiger partial charge in [-0.15, -0.1) is 0 Å². The number of methoxy groups -OCH3 is 1. The molecule has 208 valence electrons. The molecule has 5 rings (SSSR count). The Labute approximate surface area is 233 Å². The minimum absolute atomic E-state index is 0.134. The van der Waals surface area contributed by atoms with Crippen molar-refractivity contribution in [1.82, 2.24) is 23.9 Å². The molecular formula is C29H26N6O6. The number of nitrogen functional groups attached to an aromatic ring is 1. The van der Waals surface area contributed by atoms with E-state index in [0.717, 1.165) is 14.8 Å². The van der Waals surface area contributed by atoms with Gasteiger partial charge < -0.3 is 15.2 Å². The van der Waals surface area contributed by atoms with E-state index in [9.17, 15) is 19.2 Å². The normalized spacial score (nSPS) is 11.0. The molecule has 0 unspecified atom stereocenters. The second kappa shape index (κ2) is 10.6. The summed E-state index contributed by atoms with van der Waals surface area (Å²) in [4.78, 5) is 56.0. The van der Waals surface area contributed by atoms with Gasteiger partial charge in [0.25, 0.3) is 5.56 Å². The van der Waals surface area contributed by atoms with Crippen molar-refractivity contribution in [3.8, 4) is 22.7 Å². The first-order valence-electron chi connectivity index (χ1n) is 12.5. The van der Waals surface area contributed by atoms with E-state index in [2.05, 4.69) is 5.10 Å². The van der Waals surface area contributed by atoms with Crippen LogP contribution in [0.2, 0.25) is 0 Å². The van der Waals surface area contributed by atoms with Gasteiger partial charge in [0.05, 0.1) is 35.1 Å². The number of carbonyl (C=O) groups excluding carboxylic acids is 2. The molecular weight excluding hydrogens is 528 g/mol. The van der Waals surface area contributed by atoms with Crippen LogP contribution >= 0.6 is 0 Å². The summed E-state index contributed by atoms with van der Waals surface area (Å²) >= 11 is 0. The number of carbonyl (C=O) groups is 2. The van der Waals surface area contributed by atoms with Gasteiger partial charge in [-0.2, -0.15) is 5.10 Å². The number of hydrogen-bond acceptors (Lipinski definition) is 9. The van der Waals surface area contributed by atoms with Crippen molar-refractivity contribution in [3.05, 3.63) is 98.3 Å². The molecule has 0 aliphatic carbocycles. The summed E-state index contributed by atoms with van der Waals surface area (Å²) < 4.78 is 14.0. The fourth-order valence-corrected chi connectivity index (χ4v) is 4.51. The van der Waals surface area contributed by atoms with Gasteiger partial charge in [-0.3, -0.25) is 18.7 Å². The van der Waals surface area contributed by atoms with E-state index in [-0.39, 0.29) is 11.4 Å². The molecule has 0 radical (unpaired) electrons. The SMILES string of the molecule is COc1ccc(-c2cc(C(=O)OCC(=O)c3c(N)n(C)c(=O)n(C)c3=O)c3c(C)nn(-c4ccccc4)c3n2)cc1. The zero-order valence-electron chi connectivity index (χ0n) is 22.7. The molecule has 3 heterocycles. The second-order valence-corrected chi connectivity index (χ2v) is 9.28. The standard InChI is InChI=1S/C29H26N6O6/c1-16-23-20(28(38)41-15-22(36)24-25(30)33(2)29(39)34(3)27(24)37)14-21(17-10-12-19(40-4)13-11-17)31-26(23)35(32-16)18-8-6-5-7-9-18/h5-14H,15,30H2,1-4H3. The third-order valence-corrected chi connectivity index (χ3v) is 6.74. The molecule has 41 heavy (non-hydrogen) atoms. The van der Waals surface area contributed by atoms with Crippen LogP contribution in [0.3, 0.4) is 0 Å². The Balaban J connectivity index is 1.58. The molecule has 0 amide bonds. The number of anilines is 1. The van der Waals surface area contributed by atoms with Crippen molar-refractivity contribution >= 4 is 28.6 Å². The number of ether oxygens (including phenoxy) is 2. The van der Waals surface area contributed by atoms with Crippen molar-refractivity contribution in [2.45, 2.75) is 6.92 Å². The lowest BCUT2D eigenvalue weighted by Crippen LogP contribution is -2.42. The number of esters is 1. The molecule has 0 saturated heterocycles. The van der Waals surface area contributed by atoms with E-state index in [1.165, 1.54) is 14.1 Å². The molecule has 0 atom stereocenters. The summed E-state index contributed by atoms with van der Waals surface area (Å²) in [7, 11) is 4.13. The topological polar surface area (TPSA) is 153 Å². The molecule has 0 bridgehead atoms. The summed E-state index contributed by atoms with van der Waals surface area (Å²) in [5, 5.41) is 5.07. The van der Waals surface area contributed by atoms with E-state index in [4.69, 9.17) is 20.2 Å². The number of aryl methyl sites for hydroxylation is 1. The molecule has 0 spiro atoms. The number of hydrogen-bond donors (Lipinski definition) is 1. The van der Waals surface area contributed by atoms with Crippen molar-refractivity contribution < 1.29 is 19.1 Å². The first-order valence-corrected chi connectivity index (χ1v) is 12.5. The third-order valence-electron chi connectivity index (χ3n) is 6.74. The quantitative estimate of drug-likeness (QED) is 0.236. The number of nitrogens with zero attached hydrogens (tertiary/aromatic N) is 5. The fraction of sp³-hybridized carbons (Fsp3) is 0.172. The number of fused-ring (bicyclic) bond motifs is 1. The monoisotopic (exact) mass is 554 g/mol. The average Bonchev–Trinajstić information content (AvgIpc) is 3.34. The van der Waals surface area contributed by atoms with E-state index < -0.39 is 35.2 Å². The third kappa shape index (κ3) is 4.75. The number of rotatable bonds is 7. The highest BCUT2D eigenvalue weighted by Crippen LogP contribution is 2.30. The first-order chi connectivity index (χ1) is 19.6. The van der Waals surface area contributed by atoms with Gasteiger partial charge in [0, 0.05) is 19.7 Å². The van der Waals surface area contributed by atoms with Gasteiger partial charge >= 0.3 is 11.7 Å². The zero-order valence-corrected chi connectivity index (χ0v) is 22.7. The lowest BCUT2D eigenvalue weighted by Gasteiger charge is -2.12. The van der Waals surface area contributed by atoms with Crippen molar-refractivity contribution in [2.24, 2.45) is 14.1 Å². The highest BCUT2D eigenvalue weighted by atomic mass is 16.5. The minimum Gasteiger partial charge on any atom is -0.497 e. The Hall–Kier alpha value is -5.52. The van der Waals surface area contributed by atoms with E-state index in [1.54, 1.807) is 49.0 Å².